The normalized spacial score (nSPS) is 10.2. The first kappa shape index (κ1) is 13.9. The lowest BCUT2D eigenvalue weighted by Gasteiger charge is -2.08. The highest BCUT2D eigenvalue weighted by Crippen LogP contribution is 2.29. The molecule has 0 heterocycles. The van der Waals surface area contributed by atoms with Crippen molar-refractivity contribution in [2.24, 2.45) is 0 Å². The first-order valence-corrected chi connectivity index (χ1v) is 5.70. The number of rotatable bonds is 7. The fourth-order valence-corrected chi connectivity index (χ4v) is 1.45. The molecule has 0 unspecified atom stereocenters. The Morgan fingerprint density at radius 2 is 2.12 bits per heavy atom. The van der Waals surface area contributed by atoms with Crippen molar-refractivity contribution < 1.29 is 19.5 Å². The molecule has 0 bridgehead atoms. The Morgan fingerprint density at radius 3 is 2.76 bits per heavy atom. The van der Waals surface area contributed by atoms with Crippen molar-refractivity contribution in [1.82, 2.24) is 0 Å². The summed E-state index contributed by atoms with van der Waals surface area (Å²) in [4.78, 5) is 10.1. The van der Waals surface area contributed by atoms with Crippen molar-refractivity contribution in [1.29, 1.82) is 0 Å². The Balaban J connectivity index is 2.51. The molecule has 94 valence electrons. The molecule has 0 atom stereocenters. The smallest absolute Gasteiger partial charge is 0.273 e. The number of benzene rings is 1. The minimum Gasteiger partial charge on any atom is -0.490 e. The Kier molecular flexibility index (Phi) is 5.88. The summed E-state index contributed by atoms with van der Waals surface area (Å²) in [6.45, 7) is 0.787. The minimum atomic E-state index is -0.485. The molecule has 1 aromatic rings. The summed E-state index contributed by atoms with van der Waals surface area (Å²) >= 11 is 3.23. The molecule has 0 saturated carbocycles. The lowest BCUT2D eigenvalue weighted by Crippen LogP contribution is -2.09. The SMILES string of the molecule is O=[N+]([O-])c1ccc(Br)c(OCCOCCO)c1. The van der Waals surface area contributed by atoms with Crippen molar-refractivity contribution in [2.75, 3.05) is 26.4 Å². The molecule has 0 amide bonds. The third-order valence-corrected chi connectivity index (χ3v) is 2.50. The maximum absolute atomic E-state index is 10.6. The number of nitro benzene ring substituents is 1. The number of hydrogen-bond donors (Lipinski definition) is 1. The van der Waals surface area contributed by atoms with Gasteiger partial charge in [-0.15, -0.1) is 0 Å². The van der Waals surface area contributed by atoms with Crippen LogP contribution in [0.3, 0.4) is 0 Å². The molecule has 0 aliphatic rings. The molecule has 17 heavy (non-hydrogen) atoms. The van der Waals surface area contributed by atoms with E-state index in [0.717, 1.165) is 0 Å². The van der Waals surface area contributed by atoms with Crippen LogP contribution in [-0.4, -0.2) is 36.5 Å². The third-order valence-electron chi connectivity index (χ3n) is 1.85. The lowest BCUT2D eigenvalue weighted by molar-refractivity contribution is -0.385. The zero-order chi connectivity index (χ0) is 12.7. The molecule has 0 aliphatic carbocycles. The second-order valence-corrected chi connectivity index (χ2v) is 3.91. The molecule has 6 nitrogen and oxygen atoms in total. The molecule has 1 rings (SSSR count). The van der Waals surface area contributed by atoms with Gasteiger partial charge in [-0.3, -0.25) is 10.1 Å². The highest BCUT2D eigenvalue weighted by molar-refractivity contribution is 9.10. The van der Waals surface area contributed by atoms with Gasteiger partial charge in [-0.1, -0.05) is 0 Å². The fraction of sp³-hybridized carbons (Fsp3) is 0.400. The zero-order valence-electron chi connectivity index (χ0n) is 8.97. The maximum atomic E-state index is 10.6. The molecule has 0 radical (unpaired) electrons. The fourth-order valence-electron chi connectivity index (χ4n) is 1.09. The largest absolute Gasteiger partial charge is 0.490 e. The Labute approximate surface area is 106 Å². The molecule has 0 aromatic heterocycles. The molecule has 1 N–H and O–H groups in total. The van der Waals surface area contributed by atoms with Crippen molar-refractivity contribution in [3.8, 4) is 5.75 Å². The summed E-state index contributed by atoms with van der Waals surface area (Å²) in [7, 11) is 0. The molecule has 0 saturated heterocycles. The van der Waals surface area contributed by atoms with Crippen LogP contribution in [0.4, 0.5) is 5.69 Å². The van der Waals surface area contributed by atoms with Crippen molar-refractivity contribution in [3.63, 3.8) is 0 Å². The van der Waals surface area contributed by atoms with Crippen molar-refractivity contribution in [3.05, 3.63) is 32.8 Å². The predicted molar refractivity (Wildman–Crippen MR) is 64.2 cm³/mol. The predicted octanol–water partition coefficient (Wildman–Crippen LogP) is 1.74. The Hall–Kier alpha value is -1.18. The van der Waals surface area contributed by atoms with Gasteiger partial charge in [-0.2, -0.15) is 0 Å². The van der Waals surface area contributed by atoms with E-state index in [-0.39, 0.29) is 25.5 Å². The van der Waals surface area contributed by atoms with E-state index in [0.29, 0.717) is 16.8 Å². The van der Waals surface area contributed by atoms with Gasteiger partial charge in [-0.25, -0.2) is 0 Å². The minimum absolute atomic E-state index is 0.0283. The molecular weight excluding hydrogens is 294 g/mol. The van der Waals surface area contributed by atoms with Crippen LogP contribution in [0.25, 0.3) is 0 Å². The van der Waals surface area contributed by atoms with Crippen LogP contribution in [0.1, 0.15) is 0 Å². The average Bonchev–Trinajstić information content (AvgIpc) is 2.30. The molecule has 0 spiro atoms. The van der Waals surface area contributed by atoms with E-state index >= 15 is 0 Å². The van der Waals surface area contributed by atoms with E-state index in [1.54, 1.807) is 6.07 Å². The monoisotopic (exact) mass is 305 g/mol. The zero-order valence-corrected chi connectivity index (χ0v) is 10.6. The van der Waals surface area contributed by atoms with E-state index in [2.05, 4.69) is 15.9 Å². The van der Waals surface area contributed by atoms with Crippen LogP contribution in [0, 0.1) is 10.1 Å². The van der Waals surface area contributed by atoms with Crippen LogP contribution < -0.4 is 4.74 Å². The van der Waals surface area contributed by atoms with Gasteiger partial charge in [-0.05, 0) is 22.0 Å². The number of aliphatic hydroxyl groups excluding tert-OH is 1. The van der Waals surface area contributed by atoms with Gasteiger partial charge in [0.05, 0.1) is 35.3 Å². The van der Waals surface area contributed by atoms with E-state index in [1.807, 2.05) is 0 Å². The highest BCUT2D eigenvalue weighted by atomic mass is 79.9. The van der Waals surface area contributed by atoms with Gasteiger partial charge in [0.25, 0.3) is 5.69 Å². The summed E-state index contributed by atoms with van der Waals surface area (Å²) in [6, 6.07) is 4.29. The number of nitrogens with zero attached hydrogens (tertiary/aromatic N) is 1. The van der Waals surface area contributed by atoms with Crippen molar-refractivity contribution in [2.45, 2.75) is 0 Å². The van der Waals surface area contributed by atoms with Crippen LogP contribution in [0.5, 0.6) is 5.75 Å². The third kappa shape index (κ3) is 4.68. The number of nitro groups is 1. The standard InChI is InChI=1S/C10H12BrNO5/c11-9-2-1-8(12(14)15)7-10(9)17-6-5-16-4-3-13/h1-2,7,13H,3-6H2. The van der Waals surface area contributed by atoms with Gasteiger partial charge in [0, 0.05) is 6.07 Å². The van der Waals surface area contributed by atoms with Crippen LogP contribution in [-0.2, 0) is 4.74 Å². The second kappa shape index (κ2) is 7.21. The van der Waals surface area contributed by atoms with Crippen LogP contribution >= 0.6 is 15.9 Å². The van der Waals surface area contributed by atoms with Gasteiger partial charge in [0.2, 0.25) is 0 Å². The van der Waals surface area contributed by atoms with E-state index in [4.69, 9.17) is 14.6 Å². The van der Waals surface area contributed by atoms with Crippen molar-refractivity contribution >= 4 is 21.6 Å². The molecular formula is C10H12BrNO5. The maximum Gasteiger partial charge on any atom is 0.273 e. The number of non-ortho nitro benzene ring substituents is 1. The van der Waals surface area contributed by atoms with E-state index < -0.39 is 4.92 Å². The molecule has 7 heteroatoms. The summed E-state index contributed by atoms with van der Waals surface area (Å²) in [6.07, 6.45) is 0. The van der Waals surface area contributed by atoms with E-state index in [9.17, 15) is 10.1 Å². The highest BCUT2D eigenvalue weighted by Gasteiger charge is 2.10. The number of ether oxygens (including phenoxy) is 2. The van der Waals surface area contributed by atoms with Crippen LogP contribution in [0.2, 0.25) is 0 Å². The number of hydrogen-bond acceptors (Lipinski definition) is 5. The second-order valence-electron chi connectivity index (χ2n) is 3.06. The van der Waals surface area contributed by atoms with Gasteiger partial charge < -0.3 is 14.6 Å². The first-order chi connectivity index (χ1) is 8.15. The molecule has 0 aliphatic heterocycles. The summed E-state index contributed by atoms with van der Waals surface area (Å²) in [5.74, 6) is 0.395. The first-order valence-electron chi connectivity index (χ1n) is 4.90. The van der Waals surface area contributed by atoms with Gasteiger partial charge in [0.1, 0.15) is 12.4 Å². The molecule has 0 fully saturated rings. The topological polar surface area (TPSA) is 81.8 Å². The summed E-state index contributed by atoms with van der Waals surface area (Å²) < 4.78 is 11.0. The Morgan fingerprint density at radius 1 is 1.35 bits per heavy atom. The van der Waals surface area contributed by atoms with Crippen LogP contribution in [0.15, 0.2) is 22.7 Å². The molecule has 1 aromatic carbocycles. The van der Waals surface area contributed by atoms with E-state index in [1.165, 1.54) is 12.1 Å². The van der Waals surface area contributed by atoms with Gasteiger partial charge >= 0.3 is 0 Å². The lowest BCUT2D eigenvalue weighted by atomic mass is 10.3. The quantitative estimate of drug-likeness (QED) is 0.471. The summed E-state index contributed by atoms with van der Waals surface area (Å²) in [5, 5.41) is 19.0. The average molecular weight is 306 g/mol. The summed E-state index contributed by atoms with van der Waals surface area (Å²) in [5.41, 5.74) is -0.0283. The number of halogens is 1. The van der Waals surface area contributed by atoms with Gasteiger partial charge in [0.15, 0.2) is 0 Å². The number of aliphatic hydroxyl groups is 1. The Bertz CT molecular complexity index is 385.